The van der Waals surface area contributed by atoms with Crippen molar-refractivity contribution in [1.29, 1.82) is 0 Å². The van der Waals surface area contributed by atoms with Gasteiger partial charge in [-0.15, -0.1) is 0 Å². The molecule has 0 amide bonds. The van der Waals surface area contributed by atoms with Crippen LogP contribution in [0.25, 0.3) is 4.85 Å². The average molecular weight is 523 g/mol. The first kappa shape index (κ1) is 27.5. The van der Waals surface area contributed by atoms with E-state index in [2.05, 4.69) is 44.6 Å². The van der Waals surface area contributed by atoms with E-state index < -0.39 is 16.9 Å². The Morgan fingerprint density at radius 2 is 1.66 bits per heavy atom. The fraction of sp³-hybridized carbons (Fsp3) is 0.844. The van der Waals surface area contributed by atoms with Crippen LogP contribution < -0.4 is 0 Å². The van der Waals surface area contributed by atoms with Crippen molar-refractivity contribution in [2.45, 2.75) is 106 Å². The van der Waals surface area contributed by atoms with Gasteiger partial charge in [0.15, 0.2) is 5.78 Å². The van der Waals surface area contributed by atoms with Crippen LogP contribution in [0.2, 0.25) is 0 Å². The van der Waals surface area contributed by atoms with Gasteiger partial charge in [0, 0.05) is 5.41 Å². The molecule has 9 atom stereocenters. The lowest BCUT2D eigenvalue weighted by atomic mass is 9.31. The molecular weight excluding hydrogens is 476 g/mol. The summed E-state index contributed by atoms with van der Waals surface area (Å²) in [6, 6.07) is -0.401. The fourth-order valence-corrected chi connectivity index (χ4v) is 11.3. The smallest absolute Gasteiger partial charge is 0.312 e. The summed E-state index contributed by atoms with van der Waals surface area (Å²) in [5, 5.41) is 3.86. The minimum absolute atomic E-state index is 0.0105. The molecule has 0 aromatic carbocycles. The third-order valence-corrected chi connectivity index (χ3v) is 13.4. The molecule has 4 saturated carbocycles. The molecular formula is C32H46N2O4. The van der Waals surface area contributed by atoms with Gasteiger partial charge in [-0.25, -0.2) is 4.85 Å². The Bertz CT molecular complexity index is 1150. The normalized spacial score (nSPS) is 48.7. The summed E-state index contributed by atoms with van der Waals surface area (Å²) in [6.07, 6.45) is 8.87. The Balaban J connectivity index is 1.67. The zero-order valence-corrected chi connectivity index (χ0v) is 24.6. The third-order valence-electron chi connectivity index (χ3n) is 13.4. The van der Waals surface area contributed by atoms with E-state index in [0.29, 0.717) is 6.42 Å². The number of allylic oxidation sites excluding steroid dienone is 2. The summed E-state index contributed by atoms with van der Waals surface area (Å²) in [5.74, 6) is 0.158. The molecule has 0 aliphatic heterocycles. The summed E-state index contributed by atoms with van der Waals surface area (Å²) in [4.78, 5) is 43.2. The monoisotopic (exact) mass is 522 g/mol. The Labute approximate surface area is 228 Å². The van der Waals surface area contributed by atoms with Gasteiger partial charge in [0.1, 0.15) is 0 Å². The second-order valence-electron chi connectivity index (χ2n) is 15.6. The highest BCUT2D eigenvalue weighted by Gasteiger charge is 2.73. The zero-order valence-electron chi connectivity index (χ0n) is 24.6. The van der Waals surface area contributed by atoms with Gasteiger partial charge in [0.25, 0.3) is 0 Å². The molecule has 0 bridgehead atoms. The first-order chi connectivity index (χ1) is 17.6. The molecule has 0 saturated heterocycles. The zero-order chi connectivity index (χ0) is 28.1. The number of nitrogens with zero attached hydrogens (tertiary/aromatic N) is 2. The average Bonchev–Trinajstić information content (AvgIpc) is 2.85. The van der Waals surface area contributed by atoms with Crippen LogP contribution in [-0.4, -0.2) is 24.9 Å². The molecule has 0 radical (unpaired) electrons. The van der Waals surface area contributed by atoms with Crippen molar-refractivity contribution in [1.82, 2.24) is 0 Å². The van der Waals surface area contributed by atoms with Crippen LogP contribution in [0.15, 0.2) is 16.9 Å². The number of ether oxygens (including phenoxy) is 1. The Morgan fingerprint density at radius 1 is 1.00 bits per heavy atom. The van der Waals surface area contributed by atoms with E-state index in [1.54, 1.807) is 0 Å². The van der Waals surface area contributed by atoms with Crippen molar-refractivity contribution in [2.24, 2.45) is 61.3 Å². The van der Waals surface area contributed by atoms with Crippen LogP contribution in [0.1, 0.15) is 99.8 Å². The summed E-state index contributed by atoms with van der Waals surface area (Å²) in [7, 11) is 1.50. The Kier molecular flexibility index (Phi) is 5.97. The Morgan fingerprint density at radius 3 is 2.26 bits per heavy atom. The van der Waals surface area contributed by atoms with Gasteiger partial charge in [-0.1, -0.05) is 59.7 Å². The van der Waals surface area contributed by atoms with E-state index in [-0.39, 0.29) is 62.8 Å². The number of esters is 1. The van der Waals surface area contributed by atoms with Crippen molar-refractivity contribution in [2.75, 3.05) is 7.11 Å². The third kappa shape index (κ3) is 3.23. The summed E-state index contributed by atoms with van der Waals surface area (Å²) in [5.41, 5.74) is -1.47. The standard InChI is InChI=1S/C32H46N2O4/c1-27(2)12-14-32(26(36)38-9)15-13-31(7)24(19(32)17-27)20(34-37)16-23-29(5)18-21(33-8)25(35)28(3,4)22(29)10-11-30(23,31)6/h18-20,22-24H,10-17H2,1-7,9H3/t19-,20?,22-,23+,24-,29-,30+,31+,32-/m0/s1. The van der Waals surface area contributed by atoms with E-state index in [1.165, 1.54) is 7.11 Å². The number of nitroso groups, excluding NO2 is 1. The molecule has 0 heterocycles. The van der Waals surface area contributed by atoms with Crippen LogP contribution in [0.5, 0.6) is 0 Å². The largest absolute Gasteiger partial charge is 0.469 e. The highest BCUT2D eigenvalue weighted by molar-refractivity contribution is 6.02. The number of rotatable bonds is 2. The van der Waals surface area contributed by atoms with Crippen LogP contribution in [0.3, 0.4) is 0 Å². The minimum atomic E-state index is -0.618. The van der Waals surface area contributed by atoms with Crippen molar-refractivity contribution in [3.05, 3.63) is 28.1 Å². The number of carbonyl (C=O) groups is 2. The molecule has 6 nitrogen and oxygen atoms in total. The number of Topliss-reactive ketones (excluding diaryl/α,β-unsaturated/α-hetero) is 1. The van der Waals surface area contributed by atoms with Crippen molar-refractivity contribution < 1.29 is 14.3 Å². The van der Waals surface area contributed by atoms with Gasteiger partial charge in [-0.3, -0.25) is 4.79 Å². The number of methoxy groups -OCH3 is 1. The van der Waals surface area contributed by atoms with Crippen LogP contribution >= 0.6 is 0 Å². The lowest BCUT2D eigenvalue weighted by Crippen LogP contribution is -2.69. The van der Waals surface area contributed by atoms with Gasteiger partial charge >= 0.3 is 5.97 Å². The van der Waals surface area contributed by atoms with Crippen molar-refractivity contribution >= 4 is 11.8 Å². The fourth-order valence-electron chi connectivity index (χ4n) is 11.3. The van der Waals surface area contributed by atoms with Gasteiger partial charge in [0.2, 0.25) is 5.70 Å². The maximum atomic E-state index is 13.5. The molecule has 1 unspecified atom stereocenters. The molecule has 38 heavy (non-hydrogen) atoms. The van der Waals surface area contributed by atoms with E-state index in [9.17, 15) is 14.5 Å². The van der Waals surface area contributed by atoms with Gasteiger partial charge < -0.3 is 9.53 Å². The molecule has 5 rings (SSSR count). The van der Waals surface area contributed by atoms with E-state index in [0.717, 1.165) is 44.9 Å². The molecule has 6 heteroatoms. The maximum Gasteiger partial charge on any atom is 0.312 e. The highest BCUT2D eigenvalue weighted by atomic mass is 16.5. The quantitative estimate of drug-likeness (QED) is 0.215. The van der Waals surface area contributed by atoms with Crippen LogP contribution in [-0.2, 0) is 14.3 Å². The first-order valence-electron chi connectivity index (χ1n) is 14.6. The predicted octanol–water partition coefficient (Wildman–Crippen LogP) is 7.38. The molecule has 5 aliphatic carbocycles. The molecule has 4 fully saturated rings. The van der Waals surface area contributed by atoms with E-state index >= 15 is 0 Å². The van der Waals surface area contributed by atoms with Crippen molar-refractivity contribution in [3.8, 4) is 0 Å². The summed E-state index contributed by atoms with van der Waals surface area (Å²) >= 11 is 0. The Hall–Kier alpha value is -2.03. The molecule has 0 N–H and O–H groups in total. The SMILES string of the molecule is [C-]#[N+]C1=C[C@]2(C)[C@H]3CC(N=O)[C@@H]4[C@@H]5CC(C)(C)CC[C@]5(C(=O)OC)CC[C@@]4(C)[C@]3(C)CC[C@H]2C(C)(C)C1=O. The van der Waals surface area contributed by atoms with Crippen molar-refractivity contribution in [3.63, 3.8) is 0 Å². The van der Waals surface area contributed by atoms with Gasteiger partial charge in [-0.05, 0) is 96.7 Å². The molecule has 0 aromatic rings. The second kappa shape index (κ2) is 8.24. The number of hydrogen-bond donors (Lipinski definition) is 0. The lowest BCUT2D eigenvalue weighted by Gasteiger charge is -2.73. The molecule has 5 aliphatic rings. The summed E-state index contributed by atoms with van der Waals surface area (Å²) in [6.45, 7) is 23.4. The van der Waals surface area contributed by atoms with Crippen LogP contribution in [0.4, 0.5) is 0 Å². The van der Waals surface area contributed by atoms with Gasteiger partial charge in [-0.2, -0.15) is 4.91 Å². The van der Waals surface area contributed by atoms with Crippen LogP contribution in [0, 0.1) is 67.6 Å². The maximum absolute atomic E-state index is 13.5. The van der Waals surface area contributed by atoms with Gasteiger partial charge in [0.05, 0.1) is 25.1 Å². The number of carbonyl (C=O) groups excluding carboxylic acids is 2. The predicted molar refractivity (Wildman–Crippen MR) is 147 cm³/mol. The van der Waals surface area contributed by atoms with E-state index in [4.69, 9.17) is 11.3 Å². The second-order valence-corrected chi connectivity index (χ2v) is 15.6. The summed E-state index contributed by atoms with van der Waals surface area (Å²) < 4.78 is 5.46. The molecule has 0 aromatic heterocycles. The topological polar surface area (TPSA) is 77.2 Å². The minimum Gasteiger partial charge on any atom is -0.469 e. The number of hydrogen-bond acceptors (Lipinski definition) is 5. The number of fused-ring (bicyclic) bond motifs is 7. The van der Waals surface area contributed by atoms with E-state index in [1.807, 2.05) is 19.9 Å². The number of ketones is 1. The lowest BCUT2D eigenvalue weighted by molar-refractivity contribution is -0.238. The highest BCUT2D eigenvalue weighted by Crippen LogP contribution is 2.76. The molecule has 0 spiro atoms. The molecule has 208 valence electrons. The first-order valence-corrected chi connectivity index (χ1v) is 14.6.